The summed E-state index contributed by atoms with van der Waals surface area (Å²) in [4.78, 5) is 65.8. The summed E-state index contributed by atoms with van der Waals surface area (Å²) in [6.45, 7) is 33.4. The van der Waals surface area contributed by atoms with Gasteiger partial charge in [-0.05, 0) is 95.0 Å². The molecule has 4 fully saturated rings. The number of piperazine rings is 2. The molecule has 4 saturated heterocycles. The van der Waals surface area contributed by atoms with Crippen molar-refractivity contribution in [2.75, 3.05) is 115 Å². The Morgan fingerprint density at radius 2 is 1.12 bits per heavy atom. The monoisotopic (exact) mass is 1130 g/mol. The summed E-state index contributed by atoms with van der Waals surface area (Å²) in [7, 11) is 0. The van der Waals surface area contributed by atoms with Crippen LogP contribution in [0.1, 0.15) is 117 Å². The van der Waals surface area contributed by atoms with Crippen LogP contribution < -0.4 is 15.1 Å². The van der Waals surface area contributed by atoms with Crippen molar-refractivity contribution in [1.82, 2.24) is 39.8 Å². The normalized spacial score (nSPS) is 24.9. The molecular formula is C64H92F2N10O6. The first-order valence-corrected chi connectivity index (χ1v) is 29.3. The molecule has 0 spiro atoms. The number of carbonyl (C=O) groups excluding carboxylic acids is 3. The second kappa shape index (κ2) is 26.2. The maximum Gasteiger partial charge on any atom is 0.410 e. The maximum atomic E-state index is 14.4. The van der Waals surface area contributed by atoms with Gasteiger partial charge in [0.2, 0.25) is 11.8 Å². The molecule has 0 aliphatic carbocycles. The third-order valence-electron chi connectivity index (χ3n) is 17.0. The molecule has 0 unspecified atom stereocenters. The van der Waals surface area contributed by atoms with E-state index >= 15 is 0 Å². The van der Waals surface area contributed by atoms with Gasteiger partial charge in [0, 0.05) is 138 Å². The van der Waals surface area contributed by atoms with Gasteiger partial charge >= 0.3 is 6.09 Å². The molecule has 6 aliphatic rings. The maximum absolute atomic E-state index is 14.4. The average molecular weight is 1140 g/mol. The van der Waals surface area contributed by atoms with E-state index in [-0.39, 0.29) is 78.5 Å². The molecule has 16 nitrogen and oxygen atoms in total. The Morgan fingerprint density at radius 1 is 0.659 bits per heavy atom. The second-order valence-electron chi connectivity index (χ2n) is 26.0. The molecule has 0 saturated carbocycles. The van der Waals surface area contributed by atoms with Gasteiger partial charge in [-0.25, -0.2) is 13.6 Å². The summed E-state index contributed by atoms with van der Waals surface area (Å²) in [5, 5.41) is 3.61. The van der Waals surface area contributed by atoms with Gasteiger partial charge in [0.15, 0.2) is 0 Å². The molecule has 0 radical (unpaired) electrons. The standard InChI is InChI=1S/C34H48FN5O4.C29H40FN5O2.CH4/c1-23-17-38(27(18-37-12-13-43-21-24(37)2)19-39(23)32(42)44-33(3,4)5)20-30(41)40-22-34(6,7)31-29(40)15-25(16-36-31)14-26-10-8-9-11-28(26)35;1-20-15-34(24(14-31-20)16-33-9-10-37-18-21(33)2)17-27(36)35-19-29(3,4)28-26(35)12-22(13-32-28)11-23-7-5-6-8-25(23)30;/h8-11,15-16,23-24,27H,12-14,17-22H2,1-7H3;5-8,12-13,20-21,24,31H,9-11,14-19H2,1-4H3;1H4/t23-,24-,27+;20-,21-,24-;/m11./s1. The summed E-state index contributed by atoms with van der Waals surface area (Å²) < 4.78 is 45.8. The molecular weight excluding hydrogens is 1040 g/mol. The van der Waals surface area contributed by atoms with Crippen LogP contribution >= 0.6 is 0 Å². The summed E-state index contributed by atoms with van der Waals surface area (Å²) >= 11 is 0. The number of carbonyl (C=O) groups is 3. The first kappa shape index (κ1) is 62.6. The number of anilines is 2. The van der Waals surface area contributed by atoms with Crippen molar-refractivity contribution in [3.8, 4) is 0 Å². The Hall–Kier alpha value is -5.47. The van der Waals surface area contributed by atoms with Crippen LogP contribution in [0.3, 0.4) is 0 Å². The van der Waals surface area contributed by atoms with E-state index in [1.165, 1.54) is 12.1 Å². The van der Waals surface area contributed by atoms with Gasteiger partial charge in [-0.1, -0.05) is 71.5 Å². The minimum atomic E-state index is -0.590. The highest BCUT2D eigenvalue weighted by Crippen LogP contribution is 2.41. The number of rotatable bonds is 12. The van der Waals surface area contributed by atoms with Gasteiger partial charge in [0.1, 0.15) is 17.2 Å². The fourth-order valence-corrected chi connectivity index (χ4v) is 12.5. The number of nitrogens with zero attached hydrogens (tertiary/aromatic N) is 9. The number of amides is 3. The lowest BCUT2D eigenvalue weighted by Gasteiger charge is -2.47. The van der Waals surface area contributed by atoms with Crippen molar-refractivity contribution in [2.24, 2.45) is 0 Å². The molecule has 2 aromatic carbocycles. The van der Waals surface area contributed by atoms with E-state index in [1.807, 2.05) is 72.9 Å². The number of morpholine rings is 2. The SMILES string of the molecule is C.C[C@@H]1CN(CC(=O)N2CC(C)(C)c3ncc(Cc4ccccc4F)cc32)[C@@H](CN2CCOC[C@H]2C)CN1.C[C@@H]1COCCN1C[C@H]1CN(C(=O)OC(C)(C)C)[C@H](C)CN1CC(=O)N1CC(C)(C)c2ncc(Cc3ccccc3F)cc21. The predicted octanol–water partition coefficient (Wildman–Crippen LogP) is 7.92. The third-order valence-corrected chi connectivity index (χ3v) is 17.0. The largest absolute Gasteiger partial charge is 0.444 e. The first-order chi connectivity index (χ1) is 38.4. The highest BCUT2D eigenvalue weighted by molar-refractivity contribution is 5.98. The van der Waals surface area contributed by atoms with Crippen molar-refractivity contribution < 1.29 is 37.4 Å². The Kier molecular flexibility index (Phi) is 20.0. The quantitative estimate of drug-likeness (QED) is 0.147. The summed E-state index contributed by atoms with van der Waals surface area (Å²) in [6, 6.07) is 18.7. The third kappa shape index (κ3) is 14.9. The lowest BCUT2D eigenvalue weighted by molar-refractivity contribution is -0.122. The molecule has 1 N–H and O–H groups in total. The van der Waals surface area contributed by atoms with Crippen LogP contribution in [-0.2, 0) is 47.5 Å². The highest BCUT2D eigenvalue weighted by Gasteiger charge is 2.44. The Bertz CT molecular complexity index is 2870. The molecule has 4 aromatic rings. The van der Waals surface area contributed by atoms with Gasteiger partial charge < -0.3 is 34.2 Å². The zero-order chi connectivity index (χ0) is 58.0. The molecule has 82 heavy (non-hydrogen) atoms. The van der Waals surface area contributed by atoms with Crippen LogP contribution in [0.15, 0.2) is 73.1 Å². The topological polar surface area (TPSA) is 139 Å². The van der Waals surface area contributed by atoms with Crippen molar-refractivity contribution in [2.45, 2.75) is 149 Å². The smallest absolute Gasteiger partial charge is 0.410 e. The molecule has 3 amide bonds. The Labute approximate surface area is 486 Å². The number of halogens is 2. The molecule has 6 aliphatic heterocycles. The van der Waals surface area contributed by atoms with Crippen LogP contribution in [-0.4, -0.2) is 199 Å². The number of hydrogen-bond acceptors (Lipinski definition) is 13. The molecule has 6 atom stereocenters. The molecule has 448 valence electrons. The fraction of sp³-hybridized carbons (Fsp3) is 0.609. The zero-order valence-electron chi connectivity index (χ0n) is 49.9. The lowest BCUT2D eigenvalue weighted by Crippen LogP contribution is -2.64. The number of aromatic nitrogens is 2. The van der Waals surface area contributed by atoms with Gasteiger partial charge in [-0.15, -0.1) is 0 Å². The number of fused-ring (bicyclic) bond motifs is 2. The van der Waals surface area contributed by atoms with Gasteiger partial charge in [0.05, 0.1) is 62.3 Å². The molecule has 8 heterocycles. The van der Waals surface area contributed by atoms with Crippen LogP contribution in [0.5, 0.6) is 0 Å². The van der Waals surface area contributed by atoms with E-state index in [9.17, 15) is 23.2 Å². The van der Waals surface area contributed by atoms with E-state index in [0.717, 1.165) is 86.4 Å². The summed E-state index contributed by atoms with van der Waals surface area (Å²) in [6.07, 6.45) is 4.17. The van der Waals surface area contributed by atoms with E-state index in [0.29, 0.717) is 82.0 Å². The number of hydrogen-bond donors (Lipinski definition) is 1. The van der Waals surface area contributed by atoms with E-state index in [1.54, 1.807) is 30.5 Å². The first-order valence-electron chi connectivity index (χ1n) is 29.3. The number of nitrogens with one attached hydrogen (secondary N) is 1. The number of ether oxygens (including phenoxy) is 3. The van der Waals surface area contributed by atoms with Crippen LogP contribution in [0, 0.1) is 11.6 Å². The van der Waals surface area contributed by atoms with Gasteiger partial charge in [-0.3, -0.25) is 39.2 Å². The lowest BCUT2D eigenvalue weighted by atomic mass is 9.91. The van der Waals surface area contributed by atoms with E-state index in [4.69, 9.17) is 24.2 Å². The minimum Gasteiger partial charge on any atom is -0.444 e. The molecule has 0 bridgehead atoms. The predicted molar refractivity (Wildman–Crippen MR) is 319 cm³/mol. The number of pyridine rings is 2. The zero-order valence-corrected chi connectivity index (χ0v) is 49.9. The second-order valence-corrected chi connectivity index (χ2v) is 26.0. The Balaban J connectivity index is 0.000000215. The number of benzene rings is 2. The van der Waals surface area contributed by atoms with Gasteiger partial charge in [-0.2, -0.15) is 0 Å². The summed E-state index contributed by atoms with van der Waals surface area (Å²) in [5.41, 5.74) is 5.35. The van der Waals surface area contributed by atoms with Gasteiger partial charge in [0.25, 0.3) is 0 Å². The molecule has 10 rings (SSSR count). The van der Waals surface area contributed by atoms with Crippen LogP contribution in [0.4, 0.5) is 25.0 Å². The van der Waals surface area contributed by atoms with Crippen molar-refractivity contribution >= 4 is 29.3 Å². The Morgan fingerprint density at radius 3 is 1.59 bits per heavy atom. The molecule has 2 aromatic heterocycles. The van der Waals surface area contributed by atoms with Crippen molar-refractivity contribution in [3.63, 3.8) is 0 Å². The minimum absolute atomic E-state index is 0. The average Bonchev–Trinajstić information content (AvgIpc) is 3.97. The van der Waals surface area contributed by atoms with E-state index in [2.05, 4.69) is 73.4 Å². The van der Waals surface area contributed by atoms with Crippen LogP contribution in [0.2, 0.25) is 0 Å². The van der Waals surface area contributed by atoms with E-state index < -0.39 is 5.60 Å². The highest BCUT2D eigenvalue weighted by atomic mass is 19.1. The van der Waals surface area contributed by atoms with Crippen molar-refractivity contribution in [3.05, 3.63) is 118 Å². The fourth-order valence-electron chi connectivity index (χ4n) is 12.5. The van der Waals surface area contributed by atoms with Crippen molar-refractivity contribution in [1.29, 1.82) is 0 Å². The molecule has 18 heteroatoms. The van der Waals surface area contributed by atoms with Crippen LogP contribution in [0.25, 0.3) is 0 Å². The summed E-state index contributed by atoms with van der Waals surface area (Å²) in [5.74, 6) is -0.364.